The van der Waals surface area contributed by atoms with E-state index in [-0.39, 0.29) is 0 Å². The lowest BCUT2D eigenvalue weighted by Crippen LogP contribution is -2.16. The lowest BCUT2D eigenvalue weighted by Gasteiger charge is -2.17. The molecule has 1 nitrogen and oxygen atoms in total. The minimum atomic E-state index is 0.362. The van der Waals surface area contributed by atoms with Crippen LogP contribution in [0.2, 0.25) is 5.02 Å². The van der Waals surface area contributed by atoms with Gasteiger partial charge in [0, 0.05) is 15.5 Å². The average Bonchev–Trinajstić information content (AvgIpc) is 2.15. The van der Waals surface area contributed by atoms with E-state index in [0.717, 1.165) is 22.3 Å². The maximum absolute atomic E-state index is 6.17. The fourth-order valence-corrected chi connectivity index (χ4v) is 2.33. The van der Waals surface area contributed by atoms with Gasteiger partial charge in [0.05, 0.1) is 0 Å². The van der Waals surface area contributed by atoms with Gasteiger partial charge in [-0.15, -0.1) is 0 Å². The van der Waals surface area contributed by atoms with E-state index in [2.05, 4.69) is 34.2 Å². The highest BCUT2D eigenvalue weighted by Gasteiger charge is 2.11. The summed E-state index contributed by atoms with van der Waals surface area (Å²) in [6.45, 7) is 2.18. The molecule has 0 fully saturated rings. The minimum absolute atomic E-state index is 0.362. The Morgan fingerprint density at radius 3 is 2.71 bits per heavy atom. The van der Waals surface area contributed by atoms with Crippen molar-refractivity contribution in [3.8, 4) is 0 Å². The molecule has 14 heavy (non-hydrogen) atoms. The first-order valence-electron chi connectivity index (χ1n) is 4.81. The summed E-state index contributed by atoms with van der Waals surface area (Å²) in [7, 11) is 1.97. The van der Waals surface area contributed by atoms with Crippen LogP contribution < -0.4 is 5.32 Å². The third kappa shape index (κ3) is 2.97. The number of benzene rings is 1. The molecule has 0 aliphatic rings. The molecule has 1 rings (SSSR count). The van der Waals surface area contributed by atoms with Crippen LogP contribution in [0.1, 0.15) is 31.4 Å². The van der Waals surface area contributed by atoms with Gasteiger partial charge in [-0.2, -0.15) is 0 Å². The van der Waals surface area contributed by atoms with Crippen LogP contribution in [0.5, 0.6) is 0 Å². The van der Waals surface area contributed by atoms with Crippen molar-refractivity contribution >= 4 is 27.5 Å². The van der Waals surface area contributed by atoms with Crippen molar-refractivity contribution in [1.29, 1.82) is 0 Å². The molecule has 0 saturated carbocycles. The lowest BCUT2D eigenvalue weighted by molar-refractivity contribution is 0.542. The summed E-state index contributed by atoms with van der Waals surface area (Å²) in [6.07, 6.45) is 2.26. The molecule has 0 spiro atoms. The molecule has 0 aliphatic heterocycles. The van der Waals surface area contributed by atoms with E-state index in [9.17, 15) is 0 Å². The Hall–Kier alpha value is -0.0500. The van der Waals surface area contributed by atoms with Crippen LogP contribution in [-0.4, -0.2) is 7.05 Å². The van der Waals surface area contributed by atoms with Gasteiger partial charge in [0.25, 0.3) is 0 Å². The minimum Gasteiger partial charge on any atom is -0.313 e. The van der Waals surface area contributed by atoms with Gasteiger partial charge in [0.2, 0.25) is 0 Å². The summed E-state index contributed by atoms with van der Waals surface area (Å²) in [5.74, 6) is 0. The van der Waals surface area contributed by atoms with Crippen molar-refractivity contribution < 1.29 is 0 Å². The summed E-state index contributed by atoms with van der Waals surface area (Å²) in [6, 6.07) is 6.40. The Bertz CT molecular complexity index is 301. The van der Waals surface area contributed by atoms with Crippen LogP contribution in [0.4, 0.5) is 0 Å². The molecule has 0 radical (unpaired) electrons. The van der Waals surface area contributed by atoms with Gasteiger partial charge in [-0.3, -0.25) is 0 Å². The summed E-state index contributed by atoms with van der Waals surface area (Å²) in [5, 5.41) is 4.11. The second-order valence-corrected chi connectivity index (χ2v) is 4.62. The van der Waals surface area contributed by atoms with E-state index >= 15 is 0 Å². The van der Waals surface area contributed by atoms with Crippen LogP contribution in [0, 0.1) is 0 Å². The third-order valence-corrected chi connectivity index (χ3v) is 3.08. The first-order valence-corrected chi connectivity index (χ1v) is 5.98. The largest absolute Gasteiger partial charge is 0.313 e. The normalized spacial score (nSPS) is 12.9. The smallest absolute Gasteiger partial charge is 0.0465 e. The van der Waals surface area contributed by atoms with Gasteiger partial charge in [0.1, 0.15) is 0 Å². The van der Waals surface area contributed by atoms with E-state index in [1.807, 2.05) is 19.2 Å². The number of nitrogens with one attached hydrogen (secondary N) is 1. The molecule has 0 aliphatic carbocycles. The standard InChI is InChI=1S/C11H15BrClN/c1-3-4-11(14-2)9-6-5-8(12)7-10(9)13/h5-7,11,14H,3-4H2,1-2H3. The molecule has 3 heteroatoms. The fraction of sp³-hybridized carbons (Fsp3) is 0.455. The highest BCUT2D eigenvalue weighted by molar-refractivity contribution is 9.10. The van der Waals surface area contributed by atoms with Crippen LogP contribution >= 0.6 is 27.5 Å². The van der Waals surface area contributed by atoms with Crippen molar-refractivity contribution in [1.82, 2.24) is 5.32 Å². The molecule has 1 unspecified atom stereocenters. The van der Waals surface area contributed by atoms with Gasteiger partial charge >= 0.3 is 0 Å². The number of hydrogen-bond acceptors (Lipinski definition) is 1. The molecule has 78 valence electrons. The van der Waals surface area contributed by atoms with E-state index in [1.165, 1.54) is 5.56 Å². The summed E-state index contributed by atoms with van der Waals surface area (Å²) >= 11 is 9.57. The molecule has 0 bridgehead atoms. The third-order valence-electron chi connectivity index (χ3n) is 2.26. The zero-order valence-electron chi connectivity index (χ0n) is 8.48. The van der Waals surface area contributed by atoms with Gasteiger partial charge in [-0.1, -0.05) is 46.9 Å². The topological polar surface area (TPSA) is 12.0 Å². The Morgan fingerprint density at radius 2 is 2.21 bits per heavy atom. The fourth-order valence-electron chi connectivity index (χ4n) is 1.53. The lowest BCUT2D eigenvalue weighted by atomic mass is 10.0. The number of halogens is 2. The van der Waals surface area contributed by atoms with E-state index in [1.54, 1.807) is 0 Å². The van der Waals surface area contributed by atoms with Gasteiger partial charge in [0.15, 0.2) is 0 Å². The van der Waals surface area contributed by atoms with Crippen molar-refractivity contribution in [3.05, 3.63) is 33.3 Å². The SMILES string of the molecule is CCCC(NC)c1ccc(Br)cc1Cl. The molecule has 1 N–H and O–H groups in total. The Labute approximate surface area is 99.0 Å². The van der Waals surface area contributed by atoms with E-state index in [0.29, 0.717) is 6.04 Å². The molecule has 0 saturated heterocycles. The predicted molar refractivity (Wildman–Crippen MR) is 65.9 cm³/mol. The van der Waals surface area contributed by atoms with Crippen molar-refractivity contribution in [2.24, 2.45) is 0 Å². The summed E-state index contributed by atoms with van der Waals surface area (Å²) < 4.78 is 1.03. The molecular weight excluding hydrogens is 261 g/mol. The molecule has 0 heterocycles. The summed E-state index contributed by atoms with van der Waals surface area (Å²) in [5.41, 5.74) is 1.18. The van der Waals surface area contributed by atoms with Crippen molar-refractivity contribution in [2.75, 3.05) is 7.05 Å². The quantitative estimate of drug-likeness (QED) is 0.870. The molecule has 1 atom stereocenters. The Kier molecular flexibility index (Phi) is 4.93. The maximum atomic E-state index is 6.17. The highest BCUT2D eigenvalue weighted by atomic mass is 79.9. The molecule has 0 aromatic heterocycles. The monoisotopic (exact) mass is 275 g/mol. The van der Waals surface area contributed by atoms with Gasteiger partial charge in [-0.25, -0.2) is 0 Å². The second-order valence-electron chi connectivity index (χ2n) is 3.30. The van der Waals surface area contributed by atoms with Crippen molar-refractivity contribution in [2.45, 2.75) is 25.8 Å². The predicted octanol–water partition coefficient (Wildman–Crippen LogP) is 4.16. The molecule has 0 amide bonds. The van der Waals surface area contributed by atoms with E-state index < -0.39 is 0 Å². The second kappa shape index (κ2) is 5.74. The van der Waals surface area contributed by atoms with Gasteiger partial charge in [-0.05, 0) is 31.2 Å². The zero-order valence-corrected chi connectivity index (χ0v) is 10.8. The Balaban J connectivity index is 2.92. The first kappa shape index (κ1) is 12.0. The molecule has 1 aromatic carbocycles. The van der Waals surface area contributed by atoms with E-state index in [4.69, 9.17) is 11.6 Å². The number of rotatable bonds is 4. The number of hydrogen-bond donors (Lipinski definition) is 1. The first-order chi connectivity index (χ1) is 6.69. The van der Waals surface area contributed by atoms with Crippen LogP contribution in [0.3, 0.4) is 0 Å². The van der Waals surface area contributed by atoms with Crippen LogP contribution in [0.15, 0.2) is 22.7 Å². The van der Waals surface area contributed by atoms with Gasteiger partial charge < -0.3 is 5.32 Å². The van der Waals surface area contributed by atoms with Crippen LogP contribution in [0.25, 0.3) is 0 Å². The molecular formula is C11H15BrClN. The molecule has 1 aromatic rings. The highest BCUT2D eigenvalue weighted by Crippen LogP contribution is 2.28. The summed E-state index contributed by atoms with van der Waals surface area (Å²) in [4.78, 5) is 0. The maximum Gasteiger partial charge on any atom is 0.0465 e. The Morgan fingerprint density at radius 1 is 1.50 bits per heavy atom. The van der Waals surface area contributed by atoms with Crippen molar-refractivity contribution in [3.63, 3.8) is 0 Å². The zero-order chi connectivity index (χ0) is 10.6. The average molecular weight is 277 g/mol. The van der Waals surface area contributed by atoms with Crippen LogP contribution in [-0.2, 0) is 0 Å².